The minimum absolute atomic E-state index is 0.440. The monoisotopic (exact) mass is 371 g/mol. The molecule has 1 saturated carbocycles. The second-order valence-electron chi connectivity index (χ2n) is 5.82. The molecule has 0 aliphatic heterocycles. The highest BCUT2D eigenvalue weighted by Crippen LogP contribution is 2.33. The molecular weight excluding hydrogens is 357 g/mol. The van der Waals surface area contributed by atoms with Crippen LogP contribution in [0.5, 0.6) is 0 Å². The van der Waals surface area contributed by atoms with Crippen LogP contribution < -0.4 is 10.6 Å². The molecule has 2 N–H and O–H groups in total. The molecule has 0 saturated heterocycles. The second kappa shape index (κ2) is 6.86. The number of aromatic nitrogens is 3. The molecule has 1 aliphatic rings. The van der Waals surface area contributed by atoms with Crippen molar-refractivity contribution >= 4 is 40.7 Å². The van der Waals surface area contributed by atoms with Crippen molar-refractivity contribution in [2.45, 2.75) is 18.9 Å². The van der Waals surface area contributed by atoms with Crippen molar-refractivity contribution in [1.82, 2.24) is 15.0 Å². The van der Waals surface area contributed by atoms with Gasteiger partial charge in [0.1, 0.15) is 5.82 Å². The van der Waals surface area contributed by atoms with Gasteiger partial charge in [-0.2, -0.15) is 4.98 Å². The zero-order chi connectivity index (χ0) is 17.2. The fourth-order valence-corrected chi connectivity index (χ4v) is 2.87. The molecule has 1 aliphatic carbocycles. The lowest BCUT2D eigenvalue weighted by molar-refractivity contribution is 1.05. The molecule has 0 radical (unpaired) electrons. The van der Waals surface area contributed by atoms with Crippen molar-refractivity contribution in [2.75, 3.05) is 10.6 Å². The van der Waals surface area contributed by atoms with Gasteiger partial charge in [0, 0.05) is 18.3 Å². The van der Waals surface area contributed by atoms with Crippen LogP contribution in [0.3, 0.4) is 0 Å². The molecule has 2 heterocycles. The van der Waals surface area contributed by atoms with Crippen molar-refractivity contribution in [2.24, 2.45) is 0 Å². The van der Waals surface area contributed by atoms with Crippen LogP contribution in [0.1, 0.15) is 12.8 Å². The Bertz CT molecular complexity index is 877. The number of hydrogen-bond acceptors (Lipinski definition) is 5. The molecule has 4 rings (SSSR count). The number of anilines is 3. The van der Waals surface area contributed by atoms with Crippen molar-refractivity contribution in [3.8, 4) is 11.4 Å². The number of nitrogens with one attached hydrogen (secondary N) is 2. The number of pyridine rings is 1. The number of rotatable bonds is 5. The molecule has 0 atom stereocenters. The lowest BCUT2D eigenvalue weighted by Crippen LogP contribution is -2.08. The standard InChI is InChI=1S/C18H15Cl2N5/c19-12-4-3-5-13(20)17(12)24-16-10-15(14-6-1-2-9-21-14)23-18(25-16)22-11-7-8-11/h1-6,9-11H,7-8H2,(H2,22,23,24,25). The predicted octanol–water partition coefficient (Wildman–Crippen LogP) is 5.16. The molecule has 1 aromatic carbocycles. The van der Waals surface area contributed by atoms with Gasteiger partial charge in [-0.3, -0.25) is 4.98 Å². The summed E-state index contributed by atoms with van der Waals surface area (Å²) in [5.41, 5.74) is 2.12. The van der Waals surface area contributed by atoms with Gasteiger partial charge in [0.05, 0.1) is 27.1 Å². The van der Waals surface area contributed by atoms with Crippen molar-refractivity contribution < 1.29 is 0 Å². The third kappa shape index (κ3) is 3.83. The molecular formula is C18H15Cl2N5. The Labute approximate surface area is 155 Å². The summed E-state index contributed by atoms with van der Waals surface area (Å²) in [6, 6.07) is 13.3. The van der Waals surface area contributed by atoms with Gasteiger partial charge in [0.25, 0.3) is 0 Å². The van der Waals surface area contributed by atoms with Gasteiger partial charge >= 0.3 is 0 Å². The summed E-state index contributed by atoms with van der Waals surface area (Å²) in [5, 5.41) is 7.59. The number of benzene rings is 1. The first-order valence-corrected chi connectivity index (χ1v) is 8.73. The summed E-state index contributed by atoms with van der Waals surface area (Å²) >= 11 is 12.5. The Hall–Kier alpha value is -2.37. The van der Waals surface area contributed by atoms with Crippen molar-refractivity contribution in [3.63, 3.8) is 0 Å². The zero-order valence-corrected chi connectivity index (χ0v) is 14.7. The average Bonchev–Trinajstić information content (AvgIpc) is 3.43. The first-order valence-electron chi connectivity index (χ1n) is 7.97. The van der Waals surface area contributed by atoms with Gasteiger partial charge in [-0.15, -0.1) is 0 Å². The van der Waals surface area contributed by atoms with Crippen LogP contribution in [-0.4, -0.2) is 21.0 Å². The molecule has 25 heavy (non-hydrogen) atoms. The Balaban J connectivity index is 1.73. The van der Waals surface area contributed by atoms with Gasteiger partial charge in [-0.1, -0.05) is 35.3 Å². The van der Waals surface area contributed by atoms with Crippen molar-refractivity contribution in [1.29, 1.82) is 0 Å². The minimum atomic E-state index is 0.440. The van der Waals surface area contributed by atoms with Gasteiger partial charge in [-0.25, -0.2) is 4.98 Å². The fourth-order valence-electron chi connectivity index (χ4n) is 2.38. The van der Waals surface area contributed by atoms with E-state index in [-0.39, 0.29) is 0 Å². The van der Waals surface area contributed by atoms with E-state index < -0.39 is 0 Å². The van der Waals surface area contributed by atoms with E-state index in [0.29, 0.717) is 33.5 Å². The van der Waals surface area contributed by atoms with Crippen LogP contribution in [0, 0.1) is 0 Å². The van der Waals surface area contributed by atoms with E-state index in [1.165, 1.54) is 0 Å². The summed E-state index contributed by atoms with van der Waals surface area (Å²) in [6.45, 7) is 0. The van der Waals surface area contributed by atoms with Crippen LogP contribution in [0.2, 0.25) is 10.0 Å². The first-order chi connectivity index (χ1) is 12.2. The molecule has 3 aromatic rings. The number of para-hydroxylation sites is 1. The van der Waals surface area contributed by atoms with Gasteiger partial charge in [-0.05, 0) is 37.1 Å². The van der Waals surface area contributed by atoms with E-state index in [9.17, 15) is 0 Å². The highest BCUT2D eigenvalue weighted by molar-refractivity contribution is 6.39. The first kappa shape index (κ1) is 16.1. The lowest BCUT2D eigenvalue weighted by atomic mass is 10.2. The molecule has 0 bridgehead atoms. The van der Waals surface area contributed by atoms with Gasteiger partial charge in [0.2, 0.25) is 5.95 Å². The smallest absolute Gasteiger partial charge is 0.225 e. The van der Waals surface area contributed by atoms with E-state index in [1.807, 2.05) is 24.3 Å². The molecule has 126 valence electrons. The molecule has 0 amide bonds. The highest BCUT2D eigenvalue weighted by Gasteiger charge is 2.22. The highest BCUT2D eigenvalue weighted by atomic mass is 35.5. The van der Waals surface area contributed by atoms with E-state index in [4.69, 9.17) is 23.2 Å². The molecule has 5 nitrogen and oxygen atoms in total. The zero-order valence-electron chi connectivity index (χ0n) is 13.2. The largest absolute Gasteiger partial charge is 0.351 e. The van der Waals surface area contributed by atoms with E-state index in [2.05, 4.69) is 25.6 Å². The summed E-state index contributed by atoms with van der Waals surface area (Å²) in [5.74, 6) is 1.17. The molecule has 2 aromatic heterocycles. The Morgan fingerprint density at radius 2 is 1.72 bits per heavy atom. The molecule has 7 heteroatoms. The van der Waals surface area contributed by atoms with Gasteiger partial charge in [0.15, 0.2) is 0 Å². The Kier molecular flexibility index (Phi) is 4.42. The van der Waals surface area contributed by atoms with Crippen molar-refractivity contribution in [3.05, 3.63) is 58.7 Å². The molecule has 0 spiro atoms. The summed E-state index contributed by atoms with van der Waals surface area (Å²) in [7, 11) is 0. The quantitative estimate of drug-likeness (QED) is 0.648. The molecule has 0 unspecified atom stereocenters. The topological polar surface area (TPSA) is 62.7 Å². The van der Waals surface area contributed by atoms with Crippen LogP contribution in [0.25, 0.3) is 11.4 Å². The molecule has 1 fully saturated rings. The fraction of sp³-hybridized carbons (Fsp3) is 0.167. The SMILES string of the molecule is Clc1cccc(Cl)c1Nc1cc(-c2ccccn2)nc(NC2CC2)n1. The lowest BCUT2D eigenvalue weighted by Gasteiger charge is -2.12. The average molecular weight is 372 g/mol. The van der Waals surface area contributed by atoms with Crippen LogP contribution in [-0.2, 0) is 0 Å². The predicted molar refractivity (Wildman–Crippen MR) is 102 cm³/mol. The maximum atomic E-state index is 6.25. The maximum Gasteiger partial charge on any atom is 0.225 e. The summed E-state index contributed by atoms with van der Waals surface area (Å²) in [4.78, 5) is 13.5. The van der Waals surface area contributed by atoms with Crippen LogP contribution >= 0.6 is 23.2 Å². The summed E-state index contributed by atoms with van der Waals surface area (Å²) < 4.78 is 0. The third-order valence-corrected chi connectivity index (χ3v) is 4.41. The number of hydrogen-bond donors (Lipinski definition) is 2. The van der Waals surface area contributed by atoms with Crippen LogP contribution in [0.4, 0.5) is 17.5 Å². The number of halogens is 2. The summed E-state index contributed by atoms with van der Waals surface area (Å²) in [6.07, 6.45) is 4.01. The number of nitrogens with zero attached hydrogens (tertiary/aromatic N) is 3. The van der Waals surface area contributed by atoms with E-state index in [0.717, 1.165) is 24.2 Å². The minimum Gasteiger partial charge on any atom is -0.351 e. The van der Waals surface area contributed by atoms with Gasteiger partial charge < -0.3 is 10.6 Å². The third-order valence-electron chi connectivity index (χ3n) is 3.78. The Morgan fingerprint density at radius 1 is 0.920 bits per heavy atom. The Morgan fingerprint density at radius 3 is 2.40 bits per heavy atom. The van der Waals surface area contributed by atoms with E-state index >= 15 is 0 Å². The van der Waals surface area contributed by atoms with Crippen LogP contribution in [0.15, 0.2) is 48.7 Å². The maximum absolute atomic E-state index is 6.25. The normalized spacial score (nSPS) is 13.5. The second-order valence-corrected chi connectivity index (χ2v) is 6.63. The van der Waals surface area contributed by atoms with E-state index in [1.54, 1.807) is 24.4 Å².